The van der Waals surface area contributed by atoms with E-state index in [0.29, 0.717) is 6.04 Å². The third-order valence-corrected chi connectivity index (χ3v) is 2.96. The van der Waals surface area contributed by atoms with Gasteiger partial charge in [-0.05, 0) is 39.4 Å². The molecule has 1 N–H and O–H groups in total. The number of nitrogens with one attached hydrogen (secondary N) is 1. The lowest BCUT2D eigenvalue weighted by Crippen LogP contribution is -2.34. The number of likely N-dealkylation sites (N-methyl/N-ethyl adjacent to an activating group) is 1. The Morgan fingerprint density at radius 2 is 1.81 bits per heavy atom. The molecule has 0 heterocycles. The molecule has 0 unspecified atom stereocenters. The summed E-state index contributed by atoms with van der Waals surface area (Å²) in [6, 6.07) is 11.3. The van der Waals surface area contributed by atoms with Gasteiger partial charge in [0.25, 0.3) is 0 Å². The number of hydrogen-bond acceptors (Lipinski definition) is 2. The van der Waals surface area contributed by atoms with Crippen molar-refractivity contribution in [2.45, 2.75) is 26.3 Å². The molecule has 0 spiro atoms. The van der Waals surface area contributed by atoms with E-state index in [0.717, 1.165) is 26.1 Å². The summed E-state index contributed by atoms with van der Waals surface area (Å²) < 4.78 is 0. The van der Waals surface area contributed by atoms with Crippen LogP contribution in [0.3, 0.4) is 0 Å². The molecular weight excluding hydrogens is 196 g/mol. The van der Waals surface area contributed by atoms with Crippen LogP contribution in [-0.2, 0) is 6.42 Å². The molecule has 0 aliphatic carbocycles. The van der Waals surface area contributed by atoms with E-state index in [2.05, 4.69) is 61.4 Å². The Labute approximate surface area is 99.7 Å². The van der Waals surface area contributed by atoms with Crippen molar-refractivity contribution in [2.24, 2.45) is 0 Å². The molecule has 1 aromatic rings. The van der Waals surface area contributed by atoms with Crippen molar-refractivity contribution in [3.63, 3.8) is 0 Å². The molecule has 2 heteroatoms. The molecule has 0 aliphatic heterocycles. The monoisotopic (exact) mass is 220 g/mol. The first kappa shape index (κ1) is 13.2. The van der Waals surface area contributed by atoms with Crippen LogP contribution < -0.4 is 5.32 Å². The quantitative estimate of drug-likeness (QED) is 0.708. The molecule has 0 fully saturated rings. The smallest absolute Gasteiger partial charge is 0.0106 e. The predicted octanol–water partition coefficient (Wildman–Crippen LogP) is 2.16. The third kappa shape index (κ3) is 5.29. The number of hydrogen-bond donors (Lipinski definition) is 1. The van der Waals surface area contributed by atoms with Crippen molar-refractivity contribution < 1.29 is 0 Å². The largest absolute Gasteiger partial charge is 0.315 e. The highest BCUT2D eigenvalue weighted by atomic mass is 15.1. The van der Waals surface area contributed by atoms with Crippen molar-refractivity contribution in [3.8, 4) is 0 Å². The third-order valence-electron chi connectivity index (χ3n) is 2.96. The van der Waals surface area contributed by atoms with Gasteiger partial charge in [-0.25, -0.2) is 0 Å². The van der Waals surface area contributed by atoms with Gasteiger partial charge in [-0.15, -0.1) is 0 Å². The van der Waals surface area contributed by atoms with Crippen LogP contribution in [0.25, 0.3) is 0 Å². The van der Waals surface area contributed by atoms with Gasteiger partial charge in [0.1, 0.15) is 0 Å². The SMILES string of the molecule is CC(C)N(C)CCNCCc1ccccc1. The first-order chi connectivity index (χ1) is 7.70. The van der Waals surface area contributed by atoms with E-state index in [-0.39, 0.29) is 0 Å². The molecular formula is C14H24N2. The molecule has 0 amide bonds. The molecule has 1 rings (SSSR count). The van der Waals surface area contributed by atoms with E-state index < -0.39 is 0 Å². The molecule has 0 saturated carbocycles. The van der Waals surface area contributed by atoms with Crippen LogP contribution in [0.2, 0.25) is 0 Å². The Hall–Kier alpha value is -0.860. The fraction of sp³-hybridized carbons (Fsp3) is 0.571. The minimum Gasteiger partial charge on any atom is -0.315 e. The van der Waals surface area contributed by atoms with Gasteiger partial charge in [-0.1, -0.05) is 30.3 Å². The van der Waals surface area contributed by atoms with Crippen LogP contribution >= 0.6 is 0 Å². The van der Waals surface area contributed by atoms with E-state index in [4.69, 9.17) is 0 Å². The Morgan fingerprint density at radius 3 is 2.44 bits per heavy atom. The van der Waals surface area contributed by atoms with Gasteiger partial charge in [0, 0.05) is 19.1 Å². The fourth-order valence-electron chi connectivity index (χ4n) is 1.52. The summed E-state index contributed by atoms with van der Waals surface area (Å²) in [4.78, 5) is 2.36. The van der Waals surface area contributed by atoms with E-state index in [1.807, 2.05) is 0 Å². The van der Waals surface area contributed by atoms with E-state index in [9.17, 15) is 0 Å². The summed E-state index contributed by atoms with van der Waals surface area (Å²) >= 11 is 0. The highest BCUT2D eigenvalue weighted by Gasteiger charge is 2.01. The first-order valence-electron chi connectivity index (χ1n) is 6.15. The van der Waals surface area contributed by atoms with Crippen LogP contribution in [0, 0.1) is 0 Å². The van der Waals surface area contributed by atoms with Crippen LogP contribution in [-0.4, -0.2) is 37.6 Å². The topological polar surface area (TPSA) is 15.3 Å². The minimum atomic E-state index is 0.635. The molecule has 1 aromatic carbocycles. The maximum Gasteiger partial charge on any atom is 0.0106 e. The molecule has 0 saturated heterocycles. The fourth-order valence-corrected chi connectivity index (χ4v) is 1.52. The zero-order valence-electron chi connectivity index (χ0n) is 10.7. The maximum absolute atomic E-state index is 3.48. The Bertz CT molecular complexity index is 269. The van der Waals surface area contributed by atoms with Gasteiger partial charge in [0.15, 0.2) is 0 Å². The number of benzene rings is 1. The highest BCUT2D eigenvalue weighted by molar-refractivity contribution is 5.14. The highest BCUT2D eigenvalue weighted by Crippen LogP contribution is 1.98. The van der Waals surface area contributed by atoms with Crippen LogP contribution in [0.1, 0.15) is 19.4 Å². The van der Waals surface area contributed by atoms with Crippen LogP contribution in [0.5, 0.6) is 0 Å². The zero-order chi connectivity index (χ0) is 11.8. The molecule has 16 heavy (non-hydrogen) atoms. The Kier molecular flexibility index (Phi) is 6.12. The zero-order valence-corrected chi connectivity index (χ0v) is 10.7. The lowest BCUT2D eigenvalue weighted by atomic mass is 10.1. The molecule has 90 valence electrons. The molecule has 0 aliphatic rings. The molecule has 2 nitrogen and oxygen atoms in total. The summed E-state index contributed by atoms with van der Waals surface area (Å²) in [5.41, 5.74) is 1.41. The second-order valence-electron chi connectivity index (χ2n) is 4.56. The van der Waals surface area contributed by atoms with E-state index in [1.165, 1.54) is 5.56 Å². The molecule has 0 radical (unpaired) electrons. The molecule has 0 aromatic heterocycles. The average molecular weight is 220 g/mol. The summed E-state index contributed by atoms with van der Waals surface area (Å²) in [5, 5.41) is 3.48. The van der Waals surface area contributed by atoms with Crippen molar-refractivity contribution in [3.05, 3.63) is 35.9 Å². The van der Waals surface area contributed by atoms with Crippen molar-refractivity contribution in [2.75, 3.05) is 26.7 Å². The van der Waals surface area contributed by atoms with Gasteiger partial charge in [0.05, 0.1) is 0 Å². The van der Waals surface area contributed by atoms with Gasteiger partial charge in [0.2, 0.25) is 0 Å². The Balaban J connectivity index is 2.04. The maximum atomic E-state index is 3.48. The van der Waals surface area contributed by atoms with Gasteiger partial charge < -0.3 is 10.2 Å². The van der Waals surface area contributed by atoms with Gasteiger partial charge in [-0.3, -0.25) is 0 Å². The van der Waals surface area contributed by atoms with Crippen molar-refractivity contribution in [1.82, 2.24) is 10.2 Å². The molecule has 0 atom stereocenters. The summed E-state index contributed by atoms with van der Waals surface area (Å²) in [6.07, 6.45) is 1.12. The van der Waals surface area contributed by atoms with Gasteiger partial charge >= 0.3 is 0 Å². The number of rotatable bonds is 7. The van der Waals surface area contributed by atoms with Crippen LogP contribution in [0.4, 0.5) is 0 Å². The van der Waals surface area contributed by atoms with Crippen LogP contribution in [0.15, 0.2) is 30.3 Å². The minimum absolute atomic E-state index is 0.635. The van der Waals surface area contributed by atoms with Crippen molar-refractivity contribution >= 4 is 0 Å². The predicted molar refractivity (Wildman–Crippen MR) is 70.8 cm³/mol. The number of nitrogens with zero attached hydrogens (tertiary/aromatic N) is 1. The second kappa shape index (κ2) is 7.42. The first-order valence-corrected chi connectivity index (χ1v) is 6.15. The summed E-state index contributed by atoms with van der Waals surface area (Å²) in [6.45, 7) is 7.71. The standard InChI is InChI=1S/C14H24N2/c1-13(2)16(3)12-11-15-10-9-14-7-5-4-6-8-14/h4-8,13,15H,9-12H2,1-3H3. The summed E-state index contributed by atoms with van der Waals surface area (Å²) in [7, 11) is 2.17. The van der Waals surface area contributed by atoms with E-state index in [1.54, 1.807) is 0 Å². The lowest BCUT2D eigenvalue weighted by molar-refractivity contribution is 0.274. The van der Waals surface area contributed by atoms with Gasteiger partial charge in [-0.2, -0.15) is 0 Å². The lowest BCUT2D eigenvalue weighted by Gasteiger charge is -2.20. The second-order valence-corrected chi connectivity index (χ2v) is 4.56. The average Bonchev–Trinajstić information content (AvgIpc) is 2.29. The normalized spacial score (nSPS) is 11.3. The van der Waals surface area contributed by atoms with Crippen molar-refractivity contribution in [1.29, 1.82) is 0 Å². The summed E-state index contributed by atoms with van der Waals surface area (Å²) in [5.74, 6) is 0. The Morgan fingerprint density at radius 1 is 1.12 bits per heavy atom. The van der Waals surface area contributed by atoms with E-state index >= 15 is 0 Å². The molecule has 0 bridgehead atoms.